The number of nitrogens with zero attached hydrogens (tertiary/aromatic N) is 1. The third-order valence-electron chi connectivity index (χ3n) is 2.72. The fraction of sp³-hybridized carbons (Fsp3) is 0.533. The van der Waals surface area contributed by atoms with Crippen LogP contribution in [0.15, 0.2) is 18.2 Å². The zero-order chi connectivity index (χ0) is 15.3. The standard InChI is InChI=1S/C15H23NO4/c1-11-6-7-12(13(8-11)19-5)20-9-14(17)16(4)10-15(2,3)18/h6-8,18H,9-10H2,1-5H3. The van der Waals surface area contributed by atoms with Crippen LogP contribution in [-0.2, 0) is 4.79 Å². The number of ether oxygens (including phenoxy) is 2. The van der Waals surface area contributed by atoms with Gasteiger partial charge in [0.25, 0.3) is 5.91 Å². The number of aryl methyl sites for hydroxylation is 1. The van der Waals surface area contributed by atoms with Crippen molar-refractivity contribution in [1.82, 2.24) is 4.90 Å². The molecular weight excluding hydrogens is 258 g/mol. The van der Waals surface area contributed by atoms with E-state index >= 15 is 0 Å². The predicted octanol–water partition coefficient (Wildman–Crippen LogP) is 1.61. The molecule has 0 atom stereocenters. The summed E-state index contributed by atoms with van der Waals surface area (Å²) in [5, 5.41) is 9.68. The largest absolute Gasteiger partial charge is 0.493 e. The minimum absolute atomic E-state index is 0.0913. The summed E-state index contributed by atoms with van der Waals surface area (Å²) >= 11 is 0. The quantitative estimate of drug-likeness (QED) is 0.860. The highest BCUT2D eigenvalue weighted by Crippen LogP contribution is 2.27. The molecule has 0 saturated carbocycles. The topological polar surface area (TPSA) is 59.0 Å². The summed E-state index contributed by atoms with van der Waals surface area (Å²) < 4.78 is 10.7. The molecule has 0 fully saturated rings. The van der Waals surface area contributed by atoms with Gasteiger partial charge in [-0.25, -0.2) is 0 Å². The lowest BCUT2D eigenvalue weighted by Crippen LogP contribution is -2.41. The van der Waals surface area contributed by atoms with E-state index in [2.05, 4.69) is 0 Å². The van der Waals surface area contributed by atoms with Crippen LogP contribution in [0.3, 0.4) is 0 Å². The number of amides is 1. The Balaban J connectivity index is 2.61. The molecule has 0 bridgehead atoms. The Morgan fingerprint density at radius 3 is 2.55 bits per heavy atom. The van der Waals surface area contributed by atoms with Gasteiger partial charge in [-0.3, -0.25) is 4.79 Å². The molecule has 5 heteroatoms. The molecular formula is C15H23NO4. The van der Waals surface area contributed by atoms with Crippen molar-refractivity contribution in [3.63, 3.8) is 0 Å². The molecule has 112 valence electrons. The third kappa shape index (κ3) is 5.09. The summed E-state index contributed by atoms with van der Waals surface area (Å²) in [7, 11) is 3.19. The van der Waals surface area contributed by atoms with Crippen LogP contribution >= 0.6 is 0 Å². The molecule has 1 rings (SSSR count). The molecule has 0 saturated heterocycles. The summed E-state index contributed by atoms with van der Waals surface area (Å²) in [5.41, 5.74) is 0.131. The fourth-order valence-corrected chi connectivity index (χ4v) is 1.81. The summed E-state index contributed by atoms with van der Waals surface area (Å²) in [6.07, 6.45) is 0. The van der Waals surface area contributed by atoms with E-state index in [4.69, 9.17) is 9.47 Å². The van der Waals surface area contributed by atoms with Gasteiger partial charge in [0.2, 0.25) is 0 Å². The van der Waals surface area contributed by atoms with Gasteiger partial charge < -0.3 is 19.5 Å². The smallest absolute Gasteiger partial charge is 0.260 e. The van der Waals surface area contributed by atoms with Gasteiger partial charge in [-0.05, 0) is 38.5 Å². The van der Waals surface area contributed by atoms with Gasteiger partial charge >= 0.3 is 0 Å². The van der Waals surface area contributed by atoms with Crippen LogP contribution in [-0.4, -0.2) is 48.8 Å². The third-order valence-corrected chi connectivity index (χ3v) is 2.72. The Bertz CT molecular complexity index is 465. The number of carbonyl (C=O) groups is 1. The molecule has 20 heavy (non-hydrogen) atoms. The Kier molecular flexibility index (Phi) is 5.39. The van der Waals surface area contributed by atoms with E-state index < -0.39 is 5.60 Å². The van der Waals surface area contributed by atoms with Crippen LogP contribution in [0.4, 0.5) is 0 Å². The van der Waals surface area contributed by atoms with E-state index in [0.717, 1.165) is 5.56 Å². The maximum Gasteiger partial charge on any atom is 0.260 e. The molecule has 5 nitrogen and oxygen atoms in total. The van der Waals surface area contributed by atoms with Crippen molar-refractivity contribution < 1.29 is 19.4 Å². The monoisotopic (exact) mass is 281 g/mol. The molecule has 0 aliphatic rings. The Hall–Kier alpha value is -1.75. The van der Waals surface area contributed by atoms with Crippen molar-refractivity contribution in [1.29, 1.82) is 0 Å². The number of methoxy groups -OCH3 is 1. The van der Waals surface area contributed by atoms with E-state index in [1.807, 2.05) is 19.1 Å². The van der Waals surface area contributed by atoms with Gasteiger partial charge in [-0.1, -0.05) is 6.07 Å². The van der Waals surface area contributed by atoms with Gasteiger partial charge in [0.1, 0.15) is 0 Å². The molecule has 0 radical (unpaired) electrons. The molecule has 1 N–H and O–H groups in total. The number of benzene rings is 1. The number of hydrogen-bond donors (Lipinski definition) is 1. The van der Waals surface area contributed by atoms with Crippen LogP contribution in [0.25, 0.3) is 0 Å². The zero-order valence-corrected chi connectivity index (χ0v) is 12.8. The number of likely N-dealkylation sites (N-methyl/N-ethyl adjacent to an activating group) is 1. The van der Waals surface area contributed by atoms with E-state index in [9.17, 15) is 9.90 Å². The Morgan fingerprint density at radius 2 is 2.00 bits per heavy atom. The summed E-state index contributed by atoms with van der Waals surface area (Å²) in [5.74, 6) is 0.931. The van der Waals surface area contributed by atoms with Crippen LogP contribution in [0.5, 0.6) is 11.5 Å². The Labute approximate surface area is 120 Å². The lowest BCUT2D eigenvalue weighted by molar-refractivity contribution is -0.134. The van der Waals surface area contributed by atoms with E-state index in [0.29, 0.717) is 11.5 Å². The second-order valence-corrected chi connectivity index (χ2v) is 5.51. The van der Waals surface area contributed by atoms with Gasteiger partial charge in [-0.15, -0.1) is 0 Å². The van der Waals surface area contributed by atoms with Crippen LogP contribution < -0.4 is 9.47 Å². The highest BCUT2D eigenvalue weighted by atomic mass is 16.5. The number of aliphatic hydroxyl groups is 1. The molecule has 0 heterocycles. The lowest BCUT2D eigenvalue weighted by atomic mass is 10.1. The average Bonchev–Trinajstić information content (AvgIpc) is 2.34. The predicted molar refractivity (Wildman–Crippen MR) is 77.2 cm³/mol. The first-order valence-electron chi connectivity index (χ1n) is 6.47. The molecule has 1 aromatic rings. The van der Waals surface area contributed by atoms with Gasteiger partial charge in [0.15, 0.2) is 18.1 Å². The summed E-state index contributed by atoms with van der Waals surface area (Å²) in [6.45, 7) is 5.42. The van der Waals surface area contributed by atoms with Crippen molar-refractivity contribution in [3.8, 4) is 11.5 Å². The fourth-order valence-electron chi connectivity index (χ4n) is 1.81. The zero-order valence-electron chi connectivity index (χ0n) is 12.8. The maximum absolute atomic E-state index is 11.9. The first kappa shape index (κ1) is 16.3. The summed E-state index contributed by atoms with van der Waals surface area (Å²) in [4.78, 5) is 13.4. The molecule has 0 aliphatic carbocycles. The van der Waals surface area contributed by atoms with Gasteiger partial charge in [0, 0.05) is 13.6 Å². The number of rotatable bonds is 6. The molecule has 0 spiro atoms. The van der Waals surface area contributed by atoms with E-state index in [1.165, 1.54) is 4.90 Å². The van der Waals surface area contributed by atoms with Crippen LogP contribution in [0.1, 0.15) is 19.4 Å². The van der Waals surface area contributed by atoms with Crippen molar-refractivity contribution in [2.75, 3.05) is 27.3 Å². The number of carbonyl (C=O) groups excluding carboxylic acids is 1. The second-order valence-electron chi connectivity index (χ2n) is 5.51. The minimum Gasteiger partial charge on any atom is -0.493 e. The second kappa shape index (κ2) is 6.61. The molecule has 0 aliphatic heterocycles. The van der Waals surface area contributed by atoms with Crippen molar-refractivity contribution in [2.24, 2.45) is 0 Å². The van der Waals surface area contributed by atoms with E-state index in [1.54, 1.807) is 34.1 Å². The normalized spacial score (nSPS) is 11.1. The van der Waals surface area contributed by atoms with Crippen molar-refractivity contribution >= 4 is 5.91 Å². The maximum atomic E-state index is 11.9. The van der Waals surface area contributed by atoms with Crippen molar-refractivity contribution in [3.05, 3.63) is 23.8 Å². The molecule has 1 aromatic carbocycles. The van der Waals surface area contributed by atoms with Crippen molar-refractivity contribution in [2.45, 2.75) is 26.4 Å². The first-order valence-corrected chi connectivity index (χ1v) is 6.47. The average molecular weight is 281 g/mol. The minimum atomic E-state index is -0.925. The Morgan fingerprint density at radius 1 is 1.35 bits per heavy atom. The molecule has 1 amide bonds. The number of hydrogen-bond acceptors (Lipinski definition) is 4. The summed E-state index contributed by atoms with van der Waals surface area (Å²) in [6, 6.07) is 5.51. The van der Waals surface area contributed by atoms with E-state index in [-0.39, 0.29) is 19.1 Å². The molecule has 0 aromatic heterocycles. The van der Waals surface area contributed by atoms with Gasteiger partial charge in [0.05, 0.1) is 12.7 Å². The SMILES string of the molecule is COc1cc(C)ccc1OCC(=O)N(C)CC(C)(C)O. The van der Waals surface area contributed by atoms with Crippen LogP contribution in [0, 0.1) is 6.92 Å². The highest BCUT2D eigenvalue weighted by Gasteiger charge is 2.19. The molecule has 0 unspecified atom stereocenters. The first-order chi connectivity index (χ1) is 9.23. The highest BCUT2D eigenvalue weighted by molar-refractivity contribution is 5.77. The lowest BCUT2D eigenvalue weighted by Gasteiger charge is -2.25. The van der Waals surface area contributed by atoms with Gasteiger partial charge in [-0.2, -0.15) is 0 Å². The van der Waals surface area contributed by atoms with Crippen LogP contribution in [0.2, 0.25) is 0 Å².